The third kappa shape index (κ3) is 3.34. The first-order valence-corrected chi connectivity index (χ1v) is 9.43. The summed E-state index contributed by atoms with van der Waals surface area (Å²) < 4.78 is 22.6. The molecule has 0 atom stereocenters. The van der Waals surface area contributed by atoms with Gasteiger partial charge in [-0.3, -0.25) is 0 Å². The van der Waals surface area contributed by atoms with Crippen molar-refractivity contribution in [3.63, 3.8) is 0 Å². The van der Waals surface area contributed by atoms with Crippen LogP contribution in [-0.4, -0.2) is 13.4 Å². The molecule has 0 saturated heterocycles. The third-order valence-electron chi connectivity index (χ3n) is 3.60. The minimum absolute atomic E-state index is 0.103. The molecule has 1 heterocycles. The zero-order valence-electron chi connectivity index (χ0n) is 12.8. The van der Waals surface area contributed by atoms with Gasteiger partial charge in [0.05, 0.1) is 10.6 Å². The Morgan fingerprint density at radius 2 is 1.74 bits per heavy atom. The van der Waals surface area contributed by atoms with Gasteiger partial charge in [-0.2, -0.15) is 0 Å². The van der Waals surface area contributed by atoms with Gasteiger partial charge in [-0.15, -0.1) is 11.3 Å². The molecule has 0 spiro atoms. The molecular formula is C17H16N2O2S2. The second-order valence-corrected chi connectivity index (χ2v) is 7.85. The van der Waals surface area contributed by atoms with Crippen LogP contribution in [0.5, 0.6) is 0 Å². The van der Waals surface area contributed by atoms with Gasteiger partial charge in [-0.1, -0.05) is 35.9 Å². The maximum Gasteiger partial charge on any atom is 0.238 e. The van der Waals surface area contributed by atoms with Gasteiger partial charge in [0.25, 0.3) is 0 Å². The van der Waals surface area contributed by atoms with Crippen LogP contribution in [0, 0.1) is 13.8 Å². The molecule has 6 heteroatoms. The Morgan fingerprint density at radius 3 is 2.35 bits per heavy atom. The molecule has 0 fully saturated rings. The number of hydrogen-bond acceptors (Lipinski definition) is 4. The van der Waals surface area contributed by atoms with Crippen LogP contribution in [0.25, 0.3) is 21.8 Å². The van der Waals surface area contributed by atoms with Gasteiger partial charge in [-0.25, -0.2) is 18.5 Å². The molecular weight excluding hydrogens is 328 g/mol. The molecule has 0 aliphatic heterocycles. The van der Waals surface area contributed by atoms with Crippen molar-refractivity contribution in [3.8, 4) is 21.8 Å². The van der Waals surface area contributed by atoms with Crippen LogP contribution in [0.2, 0.25) is 0 Å². The van der Waals surface area contributed by atoms with Crippen molar-refractivity contribution >= 4 is 21.4 Å². The molecule has 0 unspecified atom stereocenters. The SMILES string of the molecule is Cc1ccc(-c2nc(-c3ccc(S(N)(=O)=O)cc3)cs2)c(C)c1. The van der Waals surface area contributed by atoms with Crippen LogP contribution in [-0.2, 0) is 10.0 Å². The zero-order chi connectivity index (χ0) is 16.6. The summed E-state index contributed by atoms with van der Waals surface area (Å²) in [6, 6.07) is 12.7. The summed E-state index contributed by atoms with van der Waals surface area (Å²) in [5.41, 5.74) is 5.22. The van der Waals surface area contributed by atoms with Crippen molar-refractivity contribution in [2.75, 3.05) is 0 Å². The van der Waals surface area contributed by atoms with E-state index in [1.807, 2.05) is 5.38 Å². The van der Waals surface area contributed by atoms with Crippen molar-refractivity contribution in [1.29, 1.82) is 0 Å². The average Bonchev–Trinajstić information content (AvgIpc) is 2.96. The highest BCUT2D eigenvalue weighted by Crippen LogP contribution is 2.31. The van der Waals surface area contributed by atoms with E-state index >= 15 is 0 Å². The van der Waals surface area contributed by atoms with Crippen LogP contribution < -0.4 is 5.14 Å². The fourth-order valence-electron chi connectivity index (χ4n) is 2.40. The normalized spacial score (nSPS) is 11.6. The molecule has 0 aliphatic rings. The minimum Gasteiger partial charge on any atom is -0.236 e. The molecule has 2 N–H and O–H groups in total. The Labute approximate surface area is 139 Å². The van der Waals surface area contributed by atoms with E-state index in [0.717, 1.165) is 21.8 Å². The lowest BCUT2D eigenvalue weighted by Crippen LogP contribution is -2.11. The standard InChI is InChI=1S/C17H16N2O2S2/c1-11-3-8-15(12(2)9-11)17-19-16(10-22-17)13-4-6-14(7-5-13)23(18,20)21/h3-10H,1-2H3,(H2,18,20,21). The maximum absolute atomic E-state index is 11.3. The summed E-state index contributed by atoms with van der Waals surface area (Å²) in [4.78, 5) is 4.77. The number of sulfonamides is 1. The number of benzene rings is 2. The zero-order valence-corrected chi connectivity index (χ0v) is 14.4. The predicted octanol–water partition coefficient (Wildman–Crippen LogP) is 3.74. The summed E-state index contributed by atoms with van der Waals surface area (Å²) in [5, 5.41) is 8.04. The van der Waals surface area contributed by atoms with Gasteiger partial charge < -0.3 is 0 Å². The lowest BCUT2D eigenvalue weighted by atomic mass is 10.1. The third-order valence-corrected chi connectivity index (χ3v) is 5.40. The molecule has 1 aromatic heterocycles. The van der Waals surface area contributed by atoms with E-state index in [-0.39, 0.29) is 4.90 Å². The topological polar surface area (TPSA) is 73.0 Å². The van der Waals surface area contributed by atoms with Crippen LogP contribution in [0.1, 0.15) is 11.1 Å². The number of thiazole rings is 1. The molecule has 3 aromatic rings. The largest absolute Gasteiger partial charge is 0.238 e. The quantitative estimate of drug-likeness (QED) is 0.786. The number of primary sulfonamides is 1. The number of hydrogen-bond donors (Lipinski definition) is 1. The highest BCUT2D eigenvalue weighted by molar-refractivity contribution is 7.89. The number of nitrogens with zero attached hydrogens (tertiary/aromatic N) is 1. The molecule has 3 rings (SSSR count). The predicted molar refractivity (Wildman–Crippen MR) is 93.8 cm³/mol. The van der Waals surface area contributed by atoms with E-state index < -0.39 is 10.0 Å². The van der Waals surface area contributed by atoms with Gasteiger partial charge in [0, 0.05) is 16.5 Å². The smallest absolute Gasteiger partial charge is 0.236 e. The molecule has 0 aliphatic carbocycles. The van der Waals surface area contributed by atoms with Crippen LogP contribution in [0.4, 0.5) is 0 Å². The molecule has 4 nitrogen and oxygen atoms in total. The summed E-state index contributed by atoms with van der Waals surface area (Å²) in [6.45, 7) is 4.14. The van der Waals surface area contributed by atoms with Crippen molar-refractivity contribution in [2.45, 2.75) is 18.7 Å². The monoisotopic (exact) mass is 344 g/mol. The Morgan fingerprint density at radius 1 is 1.04 bits per heavy atom. The minimum atomic E-state index is -3.67. The molecule has 0 radical (unpaired) electrons. The molecule has 0 saturated carbocycles. The van der Waals surface area contributed by atoms with Gasteiger partial charge in [0.2, 0.25) is 10.0 Å². The molecule has 0 amide bonds. The van der Waals surface area contributed by atoms with E-state index in [0.29, 0.717) is 0 Å². The first-order chi connectivity index (χ1) is 10.8. The van der Waals surface area contributed by atoms with Crippen LogP contribution >= 0.6 is 11.3 Å². The Kier molecular flexibility index (Phi) is 4.06. The average molecular weight is 344 g/mol. The van der Waals surface area contributed by atoms with Crippen LogP contribution in [0.3, 0.4) is 0 Å². The summed E-state index contributed by atoms with van der Waals surface area (Å²) in [7, 11) is -3.67. The fraction of sp³-hybridized carbons (Fsp3) is 0.118. The van der Waals surface area contributed by atoms with E-state index in [4.69, 9.17) is 5.14 Å². The lowest BCUT2D eigenvalue weighted by Gasteiger charge is -2.03. The van der Waals surface area contributed by atoms with E-state index in [1.165, 1.54) is 23.3 Å². The van der Waals surface area contributed by atoms with E-state index in [2.05, 4.69) is 37.0 Å². The number of aryl methyl sites for hydroxylation is 2. The molecule has 118 valence electrons. The fourth-order valence-corrected chi connectivity index (χ4v) is 3.83. The van der Waals surface area contributed by atoms with Gasteiger partial charge >= 0.3 is 0 Å². The Balaban J connectivity index is 1.96. The molecule has 2 aromatic carbocycles. The van der Waals surface area contributed by atoms with Gasteiger partial charge in [0.15, 0.2) is 0 Å². The lowest BCUT2D eigenvalue weighted by molar-refractivity contribution is 0.598. The molecule has 23 heavy (non-hydrogen) atoms. The number of nitrogens with two attached hydrogens (primary N) is 1. The van der Waals surface area contributed by atoms with Gasteiger partial charge in [-0.05, 0) is 31.5 Å². The summed E-state index contributed by atoms with van der Waals surface area (Å²) >= 11 is 1.57. The van der Waals surface area contributed by atoms with Crippen molar-refractivity contribution in [1.82, 2.24) is 4.98 Å². The summed E-state index contributed by atoms with van der Waals surface area (Å²) in [6.07, 6.45) is 0. The van der Waals surface area contributed by atoms with E-state index in [9.17, 15) is 8.42 Å². The Bertz CT molecular complexity index is 959. The van der Waals surface area contributed by atoms with E-state index in [1.54, 1.807) is 23.5 Å². The maximum atomic E-state index is 11.3. The molecule has 0 bridgehead atoms. The first kappa shape index (κ1) is 15.9. The summed E-state index contributed by atoms with van der Waals surface area (Å²) in [5.74, 6) is 0. The van der Waals surface area contributed by atoms with Crippen molar-refractivity contribution in [2.24, 2.45) is 5.14 Å². The van der Waals surface area contributed by atoms with Crippen molar-refractivity contribution < 1.29 is 8.42 Å². The highest BCUT2D eigenvalue weighted by atomic mass is 32.2. The number of rotatable bonds is 3. The second-order valence-electron chi connectivity index (χ2n) is 5.43. The highest BCUT2D eigenvalue weighted by Gasteiger charge is 2.11. The van der Waals surface area contributed by atoms with Crippen LogP contribution in [0.15, 0.2) is 52.7 Å². The van der Waals surface area contributed by atoms with Gasteiger partial charge in [0.1, 0.15) is 5.01 Å². The Hall–Kier alpha value is -2.02. The number of aromatic nitrogens is 1. The second kappa shape index (κ2) is 5.88. The van der Waals surface area contributed by atoms with Crippen molar-refractivity contribution in [3.05, 3.63) is 59.0 Å². The first-order valence-electron chi connectivity index (χ1n) is 7.01.